The summed E-state index contributed by atoms with van der Waals surface area (Å²) in [7, 11) is 0. The Morgan fingerprint density at radius 3 is 3.00 bits per heavy atom. The van der Waals surface area contributed by atoms with Crippen LogP contribution in [0.25, 0.3) is 0 Å². The highest BCUT2D eigenvalue weighted by Crippen LogP contribution is 2.00. The molecular formula is C6H11N5O2. The Bertz CT molecular complexity index is 323. The first-order valence-electron chi connectivity index (χ1n) is 3.84. The quantitative estimate of drug-likeness (QED) is 0.420. The van der Waals surface area contributed by atoms with E-state index in [1.807, 2.05) is 6.92 Å². The van der Waals surface area contributed by atoms with Crippen molar-refractivity contribution in [3.63, 3.8) is 0 Å². The largest absolute Gasteiger partial charge is 0.463 e. The Morgan fingerprint density at radius 1 is 1.62 bits per heavy atom. The van der Waals surface area contributed by atoms with Crippen molar-refractivity contribution in [2.45, 2.75) is 13.3 Å². The monoisotopic (exact) mass is 185 g/mol. The van der Waals surface area contributed by atoms with Gasteiger partial charge in [-0.2, -0.15) is 4.98 Å². The Kier molecular flexibility index (Phi) is 3.21. The van der Waals surface area contributed by atoms with Crippen molar-refractivity contribution in [3.8, 4) is 6.01 Å². The summed E-state index contributed by atoms with van der Waals surface area (Å²) in [5, 5.41) is 0. The molecule has 0 atom stereocenters. The van der Waals surface area contributed by atoms with Crippen molar-refractivity contribution in [2.75, 3.05) is 12.0 Å². The summed E-state index contributed by atoms with van der Waals surface area (Å²) in [4.78, 5) is 20.4. The minimum absolute atomic E-state index is 0.0264. The molecular weight excluding hydrogens is 174 g/mol. The Balaban J connectivity index is 2.82. The smallest absolute Gasteiger partial charge is 0.352 e. The van der Waals surface area contributed by atoms with E-state index in [4.69, 9.17) is 10.6 Å². The fourth-order valence-corrected chi connectivity index (χ4v) is 0.691. The van der Waals surface area contributed by atoms with Crippen LogP contribution in [0, 0.1) is 0 Å². The van der Waals surface area contributed by atoms with Crippen molar-refractivity contribution in [1.82, 2.24) is 15.0 Å². The minimum atomic E-state index is -0.547. The molecule has 0 fully saturated rings. The summed E-state index contributed by atoms with van der Waals surface area (Å²) < 4.78 is 5.04. The van der Waals surface area contributed by atoms with E-state index in [2.05, 4.69) is 20.4 Å². The topological polar surface area (TPSA) is 106 Å². The molecule has 0 spiro atoms. The van der Waals surface area contributed by atoms with Crippen LogP contribution in [0.15, 0.2) is 4.79 Å². The van der Waals surface area contributed by atoms with Gasteiger partial charge in [-0.3, -0.25) is 10.4 Å². The van der Waals surface area contributed by atoms with Gasteiger partial charge in [0.15, 0.2) is 0 Å². The highest BCUT2D eigenvalue weighted by atomic mass is 16.5. The van der Waals surface area contributed by atoms with Gasteiger partial charge in [0.25, 0.3) is 0 Å². The predicted octanol–water partition coefficient (Wildman–Crippen LogP) is -0.761. The van der Waals surface area contributed by atoms with Gasteiger partial charge in [0.1, 0.15) is 0 Å². The van der Waals surface area contributed by atoms with Gasteiger partial charge in [-0.1, -0.05) is 6.92 Å². The van der Waals surface area contributed by atoms with Crippen LogP contribution >= 0.6 is 0 Å². The van der Waals surface area contributed by atoms with Gasteiger partial charge in [0, 0.05) is 0 Å². The van der Waals surface area contributed by atoms with Crippen LogP contribution in [0.4, 0.5) is 5.95 Å². The van der Waals surface area contributed by atoms with E-state index in [1.165, 1.54) is 0 Å². The maximum absolute atomic E-state index is 10.9. The zero-order valence-electron chi connectivity index (χ0n) is 7.20. The molecule has 0 aliphatic rings. The van der Waals surface area contributed by atoms with E-state index in [0.717, 1.165) is 6.42 Å². The summed E-state index contributed by atoms with van der Waals surface area (Å²) in [6.07, 6.45) is 0.821. The number of H-pyrrole nitrogens is 1. The van der Waals surface area contributed by atoms with Gasteiger partial charge in [0.05, 0.1) is 6.61 Å². The molecule has 0 radical (unpaired) electrons. The van der Waals surface area contributed by atoms with E-state index in [-0.39, 0.29) is 12.0 Å². The average Bonchev–Trinajstić information content (AvgIpc) is 2.14. The third kappa shape index (κ3) is 2.71. The highest BCUT2D eigenvalue weighted by Gasteiger charge is 2.01. The number of nitrogen functional groups attached to an aromatic ring is 1. The van der Waals surface area contributed by atoms with Gasteiger partial charge in [-0.05, 0) is 6.42 Å². The van der Waals surface area contributed by atoms with Crippen LogP contribution in [0.5, 0.6) is 6.01 Å². The van der Waals surface area contributed by atoms with E-state index in [9.17, 15) is 4.79 Å². The zero-order valence-corrected chi connectivity index (χ0v) is 7.20. The fourth-order valence-electron chi connectivity index (χ4n) is 0.691. The van der Waals surface area contributed by atoms with Crippen molar-refractivity contribution >= 4 is 5.95 Å². The first kappa shape index (κ1) is 9.46. The molecule has 7 heteroatoms. The Morgan fingerprint density at radius 2 is 2.38 bits per heavy atom. The summed E-state index contributed by atoms with van der Waals surface area (Å²) >= 11 is 0. The lowest BCUT2D eigenvalue weighted by molar-refractivity contribution is 0.290. The van der Waals surface area contributed by atoms with E-state index in [0.29, 0.717) is 6.61 Å². The predicted molar refractivity (Wildman–Crippen MR) is 46.2 cm³/mol. The number of nitrogens with one attached hydrogen (secondary N) is 2. The number of aromatic nitrogens is 3. The number of ether oxygens (including phenoxy) is 1. The van der Waals surface area contributed by atoms with Gasteiger partial charge >= 0.3 is 11.7 Å². The number of nitrogens with zero attached hydrogens (tertiary/aromatic N) is 2. The third-order valence-corrected chi connectivity index (χ3v) is 1.20. The number of rotatable bonds is 4. The fraction of sp³-hybridized carbons (Fsp3) is 0.500. The maximum atomic E-state index is 10.9. The molecule has 1 heterocycles. The van der Waals surface area contributed by atoms with E-state index < -0.39 is 5.69 Å². The van der Waals surface area contributed by atoms with Crippen LogP contribution in [0.1, 0.15) is 13.3 Å². The molecule has 4 N–H and O–H groups in total. The minimum Gasteiger partial charge on any atom is -0.463 e. The second-order valence-electron chi connectivity index (χ2n) is 2.28. The number of hydrazine groups is 1. The van der Waals surface area contributed by atoms with Crippen LogP contribution in [-0.4, -0.2) is 21.6 Å². The number of anilines is 1. The lowest BCUT2D eigenvalue weighted by atomic mass is 10.5. The number of aromatic amines is 1. The molecule has 72 valence electrons. The molecule has 1 aromatic rings. The lowest BCUT2D eigenvalue weighted by Crippen LogP contribution is -2.20. The lowest BCUT2D eigenvalue weighted by Gasteiger charge is -2.02. The molecule has 0 aromatic carbocycles. The molecule has 1 aromatic heterocycles. The standard InChI is InChI=1S/C6H11N5O2/c1-2-3-13-6-9-4(11-7)8-5(12)10-6/h2-3,7H2,1H3,(H2,8,9,10,11,12). The van der Waals surface area contributed by atoms with E-state index in [1.54, 1.807) is 0 Å². The molecule has 1 rings (SSSR count). The number of hydrogen-bond donors (Lipinski definition) is 3. The van der Waals surface area contributed by atoms with Gasteiger partial charge in [0.2, 0.25) is 5.95 Å². The van der Waals surface area contributed by atoms with Crippen LogP contribution in [0.2, 0.25) is 0 Å². The van der Waals surface area contributed by atoms with Crippen molar-refractivity contribution < 1.29 is 4.74 Å². The van der Waals surface area contributed by atoms with Gasteiger partial charge < -0.3 is 4.74 Å². The molecule has 0 aliphatic heterocycles. The van der Waals surface area contributed by atoms with Crippen LogP contribution in [-0.2, 0) is 0 Å². The summed E-state index contributed by atoms with van der Waals surface area (Å²) in [6.45, 7) is 2.41. The second kappa shape index (κ2) is 4.41. The summed E-state index contributed by atoms with van der Waals surface area (Å²) in [6, 6.07) is 0.0264. The molecule has 13 heavy (non-hydrogen) atoms. The molecule has 0 saturated heterocycles. The van der Waals surface area contributed by atoms with Crippen molar-refractivity contribution in [3.05, 3.63) is 10.5 Å². The highest BCUT2D eigenvalue weighted by molar-refractivity contribution is 5.20. The maximum Gasteiger partial charge on any atom is 0.352 e. The van der Waals surface area contributed by atoms with Crippen LogP contribution < -0.4 is 21.7 Å². The van der Waals surface area contributed by atoms with Gasteiger partial charge in [-0.25, -0.2) is 10.6 Å². The average molecular weight is 185 g/mol. The van der Waals surface area contributed by atoms with Crippen molar-refractivity contribution in [2.24, 2.45) is 5.84 Å². The van der Waals surface area contributed by atoms with Crippen molar-refractivity contribution in [1.29, 1.82) is 0 Å². The number of hydrogen-bond acceptors (Lipinski definition) is 6. The first-order chi connectivity index (χ1) is 6.26. The molecule has 0 saturated carbocycles. The second-order valence-corrected chi connectivity index (χ2v) is 2.28. The molecule has 7 nitrogen and oxygen atoms in total. The van der Waals surface area contributed by atoms with E-state index >= 15 is 0 Å². The normalized spacial score (nSPS) is 9.69. The molecule has 0 aliphatic carbocycles. The van der Waals surface area contributed by atoms with Crippen LogP contribution in [0.3, 0.4) is 0 Å². The SMILES string of the molecule is CCCOc1nc(NN)[nH]c(=O)n1. The first-order valence-corrected chi connectivity index (χ1v) is 3.84. The summed E-state index contributed by atoms with van der Waals surface area (Å²) in [5.74, 6) is 5.18. The Hall–Kier alpha value is -1.63. The Labute approximate surface area is 74.3 Å². The molecule has 0 bridgehead atoms. The molecule has 0 unspecified atom stereocenters. The third-order valence-electron chi connectivity index (χ3n) is 1.20. The molecule has 0 amide bonds. The number of nitrogens with two attached hydrogens (primary N) is 1. The zero-order chi connectivity index (χ0) is 9.68. The van der Waals surface area contributed by atoms with Gasteiger partial charge in [-0.15, -0.1) is 4.98 Å². The summed E-state index contributed by atoms with van der Waals surface area (Å²) in [5.41, 5.74) is 1.65.